The molecule has 2 unspecified atom stereocenters. The highest BCUT2D eigenvalue weighted by Gasteiger charge is 2.19. The molecule has 0 aliphatic carbocycles. The van der Waals surface area contributed by atoms with Crippen LogP contribution in [-0.2, 0) is 13.5 Å². The maximum Gasteiger partial charge on any atom is 0.0738 e. The predicted octanol–water partition coefficient (Wildman–Crippen LogP) is 3.45. The second kappa shape index (κ2) is 7.29. The Labute approximate surface area is 119 Å². The van der Waals surface area contributed by atoms with Crippen LogP contribution in [0.2, 0.25) is 0 Å². The average molecular weight is 316 g/mol. The van der Waals surface area contributed by atoms with Crippen molar-refractivity contribution in [3.05, 3.63) is 15.9 Å². The summed E-state index contributed by atoms with van der Waals surface area (Å²) in [7, 11) is 2.03. The molecule has 0 amide bonds. The second-order valence-corrected chi connectivity index (χ2v) is 5.91. The monoisotopic (exact) mass is 315 g/mol. The predicted molar refractivity (Wildman–Crippen MR) is 80.9 cm³/mol. The van der Waals surface area contributed by atoms with E-state index in [0.29, 0.717) is 12.0 Å². The number of hydrogen-bond acceptors (Lipinski definition) is 2. The maximum atomic E-state index is 4.46. The topological polar surface area (TPSA) is 29.9 Å². The zero-order valence-corrected chi connectivity index (χ0v) is 13.8. The largest absolute Gasteiger partial charge is 0.314 e. The van der Waals surface area contributed by atoms with Crippen LogP contribution in [0.15, 0.2) is 4.47 Å². The average Bonchev–Trinajstić information content (AvgIpc) is 2.57. The van der Waals surface area contributed by atoms with Crippen LogP contribution >= 0.6 is 15.9 Å². The number of aryl methyl sites for hydroxylation is 2. The first-order valence-corrected chi connectivity index (χ1v) is 7.71. The summed E-state index contributed by atoms with van der Waals surface area (Å²) in [4.78, 5) is 0. The fraction of sp³-hybridized carbons (Fsp3) is 0.786. The third-order valence-electron chi connectivity index (χ3n) is 3.56. The third-order valence-corrected chi connectivity index (χ3v) is 4.59. The molecular formula is C14H26BrN3. The summed E-state index contributed by atoms with van der Waals surface area (Å²) in [5.41, 5.74) is 2.38. The van der Waals surface area contributed by atoms with Gasteiger partial charge in [-0.25, -0.2) is 0 Å². The van der Waals surface area contributed by atoms with E-state index in [1.54, 1.807) is 0 Å². The maximum absolute atomic E-state index is 4.46. The quantitative estimate of drug-likeness (QED) is 0.835. The molecule has 0 aliphatic heterocycles. The van der Waals surface area contributed by atoms with Crippen molar-refractivity contribution in [1.82, 2.24) is 15.1 Å². The Morgan fingerprint density at radius 3 is 2.50 bits per heavy atom. The Hall–Kier alpha value is -0.350. The first-order valence-electron chi connectivity index (χ1n) is 6.92. The van der Waals surface area contributed by atoms with Gasteiger partial charge in [-0.3, -0.25) is 4.68 Å². The molecule has 104 valence electrons. The van der Waals surface area contributed by atoms with Gasteiger partial charge >= 0.3 is 0 Å². The van der Waals surface area contributed by atoms with Gasteiger partial charge in [0, 0.05) is 13.1 Å². The summed E-state index contributed by atoms with van der Waals surface area (Å²) < 4.78 is 3.17. The lowest BCUT2D eigenvalue weighted by molar-refractivity contribution is 0.359. The molecule has 2 atom stereocenters. The van der Waals surface area contributed by atoms with Crippen molar-refractivity contribution in [3.8, 4) is 0 Å². The van der Waals surface area contributed by atoms with E-state index in [1.165, 1.54) is 23.0 Å². The van der Waals surface area contributed by atoms with Crippen LogP contribution in [0.1, 0.15) is 45.0 Å². The fourth-order valence-electron chi connectivity index (χ4n) is 2.43. The van der Waals surface area contributed by atoms with Gasteiger partial charge in [0.25, 0.3) is 0 Å². The first kappa shape index (κ1) is 15.7. The fourth-order valence-corrected chi connectivity index (χ4v) is 2.92. The molecule has 4 heteroatoms. The lowest BCUT2D eigenvalue weighted by atomic mass is 9.94. The van der Waals surface area contributed by atoms with E-state index in [0.717, 1.165) is 18.7 Å². The van der Waals surface area contributed by atoms with Gasteiger partial charge in [0.15, 0.2) is 0 Å². The Morgan fingerprint density at radius 1 is 1.39 bits per heavy atom. The second-order valence-electron chi connectivity index (χ2n) is 5.12. The summed E-state index contributed by atoms with van der Waals surface area (Å²) in [6.45, 7) is 9.95. The molecule has 0 fully saturated rings. The number of aromatic nitrogens is 2. The Balaban J connectivity index is 2.70. The van der Waals surface area contributed by atoms with Crippen LogP contribution in [-0.4, -0.2) is 22.4 Å². The molecular weight excluding hydrogens is 290 g/mol. The van der Waals surface area contributed by atoms with Gasteiger partial charge in [-0.1, -0.05) is 20.8 Å². The molecule has 1 aromatic rings. The van der Waals surface area contributed by atoms with E-state index in [1.807, 2.05) is 18.7 Å². The Kier molecular flexibility index (Phi) is 6.36. The molecule has 0 saturated heterocycles. The molecule has 1 rings (SSSR count). The zero-order valence-electron chi connectivity index (χ0n) is 12.3. The minimum absolute atomic E-state index is 0.590. The molecule has 0 spiro atoms. The molecule has 3 nitrogen and oxygen atoms in total. The highest BCUT2D eigenvalue weighted by atomic mass is 79.9. The van der Waals surface area contributed by atoms with Crippen molar-refractivity contribution in [3.63, 3.8) is 0 Å². The van der Waals surface area contributed by atoms with E-state index in [9.17, 15) is 0 Å². The van der Waals surface area contributed by atoms with Gasteiger partial charge < -0.3 is 5.32 Å². The molecule has 0 saturated carbocycles. The summed E-state index contributed by atoms with van der Waals surface area (Å²) in [6.07, 6.45) is 3.43. The molecule has 1 N–H and O–H groups in total. The van der Waals surface area contributed by atoms with Gasteiger partial charge in [0.05, 0.1) is 15.9 Å². The van der Waals surface area contributed by atoms with Crippen LogP contribution in [0, 0.1) is 12.8 Å². The summed E-state index contributed by atoms with van der Waals surface area (Å²) in [5.74, 6) is 0.618. The normalized spacial score (nSPS) is 14.8. The number of halogens is 1. The van der Waals surface area contributed by atoms with Crippen molar-refractivity contribution < 1.29 is 0 Å². The number of nitrogens with zero attached hydrogens (tertiary/aromatic N) is 2. The van der Waals surface area contributed by atoms with Gasteiger partial charge in [-0.05, 0) is 54.6 Å². The van der Waals surface area contributed by atoms with Crippen LogP contribution in [0.4, 0.5) is 0 Å². The van der Waals surface area contributed by atoms with Crippen LogP contribution in [0.5, 0.6) is 0 Å². The van der Waals surface area contributed by atoms with Crippen molar-refractivity contribution in [2.24, 2.45) is 13.0 Å². The lowest BCUT2D eigenvalue weighted by Crippen LogP contribution is -2.36. The Morgan fingerprint density at radius 2 is 2.06 bits per heavy atom. The van der Waals surface area contributed by atoms with E-state index in [2.05, 4.69) is 47.1 Å². The van der Waals surface area contributed by atoms with Gasteiger partial charge in [0.1, 0.15) is 0 Å². The van der Waals surface area contributed by atoms with E-state index < -0.39 is 0 Å². The summed E-state index contributed by atoms with van der Waals surface area (Å²) in [5, 5.41) is 8.10. The van der Waals surface area contributed by atoms with Crippen molar-refractivity contribution in [2.75, 3.05) is 6.54 Å². The highest BCUT2D eigenvalue weighted by Crippen LogP contribution is 2.24. The van der Waals surface area contributed by atoms with Gasteiger partial charge in [-0.15, -0.1) is 0 Å². The van der Waals surface area contributed by atoms with E-state index in [4.69, 9.17) is 0 Å². The SMILES string of the molecule is CCCNC(CC)C(C)Cc1c(Br)c(C)nn1C. The lowest BCUT2D eigenvalue weighted by Gasteiger charge is -2.24. The number of hydrogen-bond donors (Lipinski definition) is 1. The van der Waals surface area contributed by atoms with E-state index in [-0.39, 0.29) is 0 Å². The number of nitrogens with one attached hydrogen (secondary N) is 1. The molecule has 0 aliphatic rings. The number of rotatable bonds is 7. The molecule has 18 heavy (non-hydrogen) atoms. The molecule has 0 bridgehead atoms. The van der Waals surface area contributed by atoms with Gasteiger partial charge in [-0.2, -0.15) is 5.10 Å². The summed E-state index contributed by atoms with van der Waals surface area (Å²) >= 11 is 3.65. The summed E-state index contributed by atoms with van der Waals surface area (Å²) in [6, 6.07) is 0.590. The standard InChI is InChI=1S/C14H26BrN3/c1-6-8-16-12(7-2)10(3)9-13-14(15)11(4)17-18(13)5/h10,12,16H,6-9H2,1-5H3. The third kappa shape index (κ3) is 3.82. The smallest absolute Gasteiger partial charge is 0.0738 e. The minimum Gasteiger partial charge on any atom is -0.314 e. The van der Waals surface area contributed by atoms with Gasteiger partial charge in [0.2, 0.25) is 0 Å². The highest BCUT2D eigenvalue weighted by molar-refractivity contribution is 9.10. The van der Waals surface area contributed by atoms with Crippen LogP contribution < -0.4 is 5.32 Å². The van der Waals surface area contributed by atoms with Crippen molar-refractivity contribution in [2.45, 2.75) is 53.0 Å². The van der Waals surface area contributed by atoms with Crippen LogP contribution in [0.25, 0.3) is 0 Å². The molecule has 1 aromatic heterocycles. The molecule has 0 radical (unpaired) electrons. The van der Waals surface area contributed by atoms with Crippen molar-refractivity contribution >= 4 is 15.9 Å². The minimum atomic E-state index is 0.590. The van der Waals surface area contributed by atoms with Crippen molar-refractivity contribution in [1.29, 1.82) is 0 Å². The first-order chi connectivity index (χ1) is 8.51. The van der Waals surface area contributed by atoms with E-state index >= 15 is 0 Å². The molecule has 1 heterocycles. The molecule has 0 aromatic carbocycles. The Bertz CT molecular complexity index is 373. The zero-order chi connectivity index (χ0) is 13.7. The van der Waals surface area contributed by atoms with Crippen LogP contribution in [0.3, 0.4) is 0 Å².